The van der Waals surface area contributed by atoms with Gasteiger partial charge in [-0.05, 0) is 35.2 Å². The molecule has 2 aromatic rings. The average molecular weight is 324 g/mol. The number of halogens is 3. The molecule has 0 fully saturated rings. The Labute approximate surface area is 131 Å². The van der Waals surface area contributed by atoms with Crippen LogP contribution in [0.5, 0.6) is 0 Å². The van der Waals surface area contributed by atoms with E-state index in [1.165, 1.54) is 6.07 Å². The minimum atomic E-state index is -0.603. The van der Waals surface area contributed by atoms with E-state index in [9.17, 15) is 9.18 Å². The molecular weight excluding hydrogens is 312 g/mol. The van der Waals surface area contributed by atoms with Crippen LogP contribution in [0.3, 0.4) is 0 Å². The van der Waals surface area contributed by atoms with Crippen molar-refractivity contribution >= 4 is 29.1 Å². The van der Waals surface area contributed by atoms with E-state index >= 15 is 0 Å². The van der Waals surface area contributed by atoms with Crippen molar-refractivity contribution in [2.24, 2.45) is 0 Å². The number of hydrogen-bond donors (Lipinski definition) is 1. The summed E-state index contributed by atoms with van der Waals surface area (Å²) in [5, 5.41) is 2.21. The van der Waals surface area contributed by atoms with E-state index in [2.05, 4.69) is 5.32 Å². The average Bonchev–Trinajstić information content (AvgIpc) is 2.49. The normalized spacial score (nSPS) is 15.3. The second-order valence-corrected chi connectivity index (χ2v) is 5.74. The first-order valence-corrected chi connectivity index (χ1v) is 7.38. The summed E-state index contributed by atoms with van der Waals surface area (Å²) >= 11 is 12.4. The number of rotatable bonds is 2. The molecule has 108 valence electrons. The fourth-order valence-electron chi connectivity index (χ4n) is 2.48. The molecule has 0 spiro atoms. The fourth-order valence-corrected chi connectivity index (χ4v) is 3.09. The third-order valence-corrected chi connectivity index (χ3v) is 4.49. The Balaban J connectivity index is 2.02. The summed E-state index contributed by atoms with van der Waals surface area (Å²) in [6, 6.07) is 10.0. The molecule has 2 nitrogen and oxygen atoms in total. The van der Waals surface area contributed by atoms with Gasteiger partial charge in [0.2, 0.25) is 0 Å². The van der Waals surface area contributed by atoms with Crippen molar-refractivity contribution in [1.82, 2.24) is 5.32 Å². The Hall–Kier alpha value is -1.58. The molecule has 0 saturated heterocycles. The number of hydrogen-bond acceptors (Lipinski definition) is 1. The van der Waals surface area contributed by atoms with Gasteiger partial charge in [-0.2, -0.15) is 0 Å². The van der Waals surface area contributed by atoms with Crippen LogP contribution >= 0.6 is 23.2 Å². The van der Waals surface area contributed by atoms with Gasteiger partial charge in [0, 0.05) is 12.1 Å². The summed E-state index contributed by atoms with van der Waals surface area (Å²) < 4.78 is 13.5. The molecule has 0 bridgehead atoms. The highest BCUT2D eigenvalue weighted by molar-refractivity contribution is 6.33. The van der Waals surface area contributed by atoms with Crippen LogP contribution < -0.4 is 5.32 Å². The van der Waals surface area contributed by atoms with Crippen molar-refractivity contribution in [2.75, 3.05) is 6.54 Å². The smallest absolute Gasteiger partial charge is 0.251 e. The predicted octanol–water partition coefficient (Wildman–Crippen LogP) is 4.09. The van der Waals surface area contributed by atoms with Gasteiger partial charge in [-0.3, -0.25) is 4.79 Å². The van der Waals surface area contributed by atoms with Gasteiger partial charge >= 0.3 is 0 Å². The summed E-state index contributed by atoms with van der Waals surface area (Å²) in [4.78, 5) is 11.9. The largest absolute Gasteiger partial charge is 0.352 e. The number of benzene rings is 2. The standard InChI is InChI=1S/C16H12Cl2FNO/c17-14(11-2-1-3-13(19)15(11)18)10-5-4-9-6-7-20-16(21)12(9)8-10/h1-5,8,14H,6-7H2,(H,20,21). The highest BCUT2D eigenvalue weighted by atomic mass is 35.5. The Morgan fingerprint density at radius 3 is 2.86 bits per heavy atom. The molecular formula is C16H12Cl2FNO. The Morgan fingerprint density at radius 1 is 1.24 bits per heavy atom. The Morgan fingerprint density at radius 2 is 2.05 bits per heavy atom. The zero-order chi connectivity index (χ0) is 15.0. The van der Waals surface area contributed by atoms with Gasteiger partial charge in [0.05, 0.1) is 10.4 Å². The van der Waals surface area contributed by atoms with Crippen LogP contribution in [-0.2, 0) is 6.42 Å². The molecule has 1 heterocycles. The zero-order valence-electron chi connectivity index (χ0n) is 11.0. The van der Waals surface area contributed by atoms with E-state index in [0.29, 0.717) is 17.7 Å². The van der Waals surface area contributed by atoms with Gasteiger partial charge in [-0.25, -0.2) is 4.39 Å². The maximum atomic E-state index is 13.5. The zero-order valence-corrected chi connectivity index (χ0v) is 12.5. The second-order valence-electron chi connectivity index (χ2n) is 4.93. The summed E-state index contributed by atoms with van der Waals surface area (Å²) in [6.45, 7) is 0.644. The molecule has 1 aliphatic rings. The first-order valence-electron chi connectivity index (χ1n) is 6.57. The van der Waals surface area contributed by atoms with Gasteiger partial charge in [0.15, 0.2) is 0 Å². The summed E-state index contributed by atoms with van der Waals surface area (Å²) in [5.74, 6) is -0.608. The molecule has 1 atom stereocenters. The molecule has 0 aromatic heterocycles. The van der Waals surface area contributed by atoms with Crippen LogP contribution in [0.1, 0.15) is 32.4 Å². The molecule has 0 radical (unpaired) electrons. The van der Waals surface area contributed by atoms with E-state index < -0.39 is 11.2 Å². The number of carbonyl (C=O) groups excluding carboxylic acids is 1. The monoisotopic (exact) mass is 323 g/mol. The SMILES string of the molecule is O=C1NCCc2ccc(C(Cl)c3cccc(F)c3Cl)cc21. The predicted molar refractivity (Wildman–Crippen MR) is 81.6 cm³/mol. The molecule has 2 aromatic carbocycles. The first kappa shape index (κ1) is 14.4. The van der Waals surface area contributed by atoms with E-state index in [0.717, 1.165) is 17.5 Å². The Bertz CT molecular complexity index is 717. The maximum absolute atomic E-state index is 13.5. The lowest BCUT2D eigenvalue weighted by atomic mass is 9.95. The number of amides is 1. The minimum absolute atomic E-state index is 0.0136. The molecule has 0 saturated carbocycles. The van der Waals surface area contributed by atoms with Gasteiger partial charge in [-0.15, -0.1) is 11.6 Å². The molecule has 1 amide bonds. The summed E-state index contributed by atoms with van der Waals surface area (Å²) in [5.41, 5.74) is 2.84. The highest BCUT2D eigenvalue weighted by Gasteiger charge is 2.21. The van der Waals surface area contributed by atoms with Crippen molar-refractivity contribution < 1.29 is 9.18 Å². The van der Waals surface area contributed by atoms with Gasteiger partial charge < -0.3 is 5.32 Å². The molecule has 1 N–H and O–H groups in total. The van der Waals surface area contributed by atoms with Gasteiger partial charge in [0.25, 0.3) is 5.91 Å². The molecule has 21 heavy (non-hydrogen) atoms. The maximum Gasteiger partial charge on any atom is 0.251 e. The Kier molecular flexibility index (Phi) is 3.87. The van der Waals surface area contributed by atoms with E-state index in [1.54, 1.807) is 18.2 Å². The van der Waals surface area contributed by atoms with Crippen molar-refractivity contribution in [1.29, 1.82) is 0 Å². The van der Waals surface area contributed by atoms with Crippen molar-refractivity contribution in [3.8, 4) is 0 Å². The number of fused-ring (bicyclic) bond motifs is 1. The second kappa shape index (κ2) is 5.66. The van der Waals surface area contributed by atoms with Crippen molar-refractivity contribution in [3.63, 3.8) is 0 Å². The number of carbonyl (C=O) groups is 1. The third kappa shape index (κ3) is 2.63. The quantitative estimate of drug-likeness (QED) is 0.828. The lowest BCUT2D eigenvalue weighted by Crippen LogP contribution is -2.31. The van der Waals surface area contributed by atoms with Gasteiger partial charge in [-0.1, -0.05) is 35.9 Å². The van der Waals surface area contributed by atoms with Crippen LogP contribution in [0.2, 0.25) is 5.02 Å². The van der Waals surface area contributed by atoms with Gasteiger partial charge in [0.1, 0.15) is 5.82 Å². The topological polar surface area (TPSA) is 29.1 Å². The molecule has 0 aliphatic carbocycles. The van der Waals surface area contributed by atoms with Crippen LogP contribution in [-0.4, -0.2) is 12.5 Å². The molecule has 1 unspecified atom stereocenters. The summed E-state index contributed by atoms with van der Waals surface area (Å²) in [6.07, 6.45) is 0.801. The minimum Gasteiger partial charge on any atom is -0.352 e. The van der Waals surface area contributed by atoms with Crippen molar-refractivity contribution in [3.05, 3.63) is 69.5 Å². The van der Waals surface area contributed by atoms with Crippen LogP contribution in [0.15, 0.2) is 36.4 Å². The summed E-state index contributed by atoms with van der Waals surface area (Å²) in [7, 11) is 0. The molecule has 3 rings (SSSR count). The molecule has 1 aliphatic heterocycles. The first-order chi connectivity index (χ1) is 10.1. The highest BCUT2D eigenvalue weighted by Crippen LogP contribution is 2.35. The lowest BCUT2D eigenvalue weighted by Gasteiger charge is -2.19. The van der Waals surface area contributed by atoms with Crippen LogP contribution in [0, 0.1) is 5.82 Å². The molecule has 5 heteroatoms. The lowest BCUT2D eigenvalue weighted by molar-refractivity contribution is 0.0946. The van der Waals surface area contributed by atoms with E-state index in [1.807, 2.05) is 12.1 Å². The van der Waals surface area contributed by atoms with Crippen LogP contribution in [0.25, 0.3) is 0 Å². The van der Waals surface area contributed by atoms with E-state index in [-0.39, 0.29) is 10.9 Å². The van der Waals surface area contributed by atoms with E-state index in [4.69, 9.17) is 23.2 Å². The van der Waals surface area contributed by atoms with Crippen LogP contribution in [0.4, 0.5) is 4.39 Å². The number of nitrogens with one attached hydrogen (secondary N) is 1. The fraction of sp³-hybridized carbons (Fsp3) is 0.188. The van der Waals surface area contributed by atoms with Crippen molar-refractivity contribution in [2.45, 2.75) is 11.8 Å². The third-order valence-electron chi connectivity index (χ3n) is 3.61. The number of alkyl halides is 1.